The number of nitrogens with zero attached hydrogens (tertiary/aromatic N) is 1. The van der Waals surface area contributed by atoms with E-state index in [1.807, 2.05) is 0 Å². The first-order valence-electron chi connectivity index (χ1n) is 6.68. The Hall–Kier alpha value is -0.860. The fourth-order valence-corrected chi connectivity index (χ4v) is 2.66. The van der Waals surface area contributed by atoms with Crippen LogP contribution in [0.5, 0.6) is 0 Å². The third-order valence-electron chi connectivity index (χ3n) is 3.65. The Bertz CT molecular complexity index is 334. The molecule has 1 aromatic carbocycles. The summed E-state index contributed by atoms with van der Waals surface area (Å²) < 4.78 is 0. The second-order valence-corrected chi connectivity index (χ2v) is 5.54. The van der Waals surface area contributed by atoms with E-state index in [-0.39, 0.29) is 0 Å². The average Bonchev–Trinajstić information content (AvgIpc) is 2.30. The zero-order valence-electron chi connectivity index (χ0n) is 11.2. The van der Waals surface area contributed by atoms with Crippen LogP contribution in [0.2, 0.25) is 0 Å². The Balaban J connectivity index is 2.05. The van der Waals surface area contributed by atoms with Gasteiger partial charge in [0.25, 0.3) is 0 Å². The molecule has 2 rings (SSSR count). The first kappa shape index (κ1) is 12.6. The number of hydrogen-bond acceptors (Lipinski definition) is 2. The molecule has 1 N–H and O–H groups in total. The molecule has 0 radical (unpaired) electrons. The molecule has 94 valence electrons. The average molecular weight is 232 g/mol. The first-order valence-corrected chi connectivity index (χ1v) is 6.68. The maximum atomic E-state index is 3.59. The van der Waals surface area contributed by atoms with Crippen LogP contribution in [0.1, 0.15) is 26.3 Å². The summed E-state index contributed by atoms with van der Waals surface area (Å²) in [6.45, 7) is 10.3. The lowest BCUT2D eigenvalue weighted by molar-refractivity contribution is 0.0956. The summed E-state index contributed by atoms with van der Waals surface area (Å²) in [7, 11) is 0. The van der Waals surface area contributed by atoms with Gasteiger partial charge in [-0.3, -0.25) is 4.90 Å². The Kier molecular flexibility index (Phi) is 4.19. The zero-order chi connectivity index (χ0) is 12.3. The summed E-state index contributed by atoms with van der Waals surface area (Å²) in [5.74, 6) is 0.707. The molecule has 1 saturated heterocycles. The SMILES string of the molecule is CC1CN(Cc2ccccc2)C(C(C)C)CN1. The number of benzene rings is 1. The monoisotopic (exact) mass is 232 g/mol. The molecule has 1 heterocycles. The maximum absolute atomic E-state index is 3.59. The lowest BCUT2D eigenvalue weighted by atomic mass is 9.98. The summed E-state index contributed by atoms with van der Waals surface area (Å²) in [6.07, 6.45) is 0. The van der Waals surface area contributed by atoms with E-state index < -0.39 is 0 Å². The lowest BCUT2D eigenvalue weighted by Crippen LogP contribution is -2.56. The summed E-state index contributed by atoms with van der Waals surface area (Å²) in [5.41, 5.74) is 1.42. The molecule has 0 aromatic heterocycles. The summed E-state index contributed by atoms with van der Waals surface area (Å²) >= 11 is 0. The van der Waals surface area contributed by atoms with E-state index in [9.17, 15) is 0 Å². The van der Waals surface area contributed by atoms with Crippen molar-refractivity contribution in [1.82, 2.24) is 10.2 Å². The minimum atomic E-state index is 0.605. The highest BCUT2D eigenvalue weighted by Crippen LogP contribution is 2.18. The van der Waals surface area contributed by atoms with Crippen molar-refractivity contribution in [2.75, 3.05) is 13.1 Å². The van der Waals surface area contributed by atoms with E-state index in [1.165, 1.54) is 5.56 Å². The molecule has 17 heavy (non-hydrogen) atoms. The van der Waals surface area contributed by atoms with E-state index in [4.69, 9.17) is 0 Å². The van der Waals surface area contributed by atoms with Crippen LogP contribution in [0.15, 0.2) is 30.3 Å². The molecular formula is C15H24N2. The summed E-state index contributed by atoms with van der Waals surface area (Å²) in [5, 5.41) is 3.59. The van der Waals surface area contributed by atoms with Gasteiger partial charge in [0.2, 0.25) is 0 Å². The van der Waals surface area contributed by atoms with Gasteiger partial charge in [-0.2, -0.15) is 0 Å². The molecule has 2 atom stereocenters. The highest BCUT2D eigenvalue weighted by molar-refractivity contribution is 5.14. The smallest absolute Gasteiger partial charge is 0.0247 e. The van der Waals surface area contributed by atoms with Crippen LogP contribution in [-0.4, -0.2) is 30.1 Å². The van der Waals surface area contributed by atoms with E-state index in [2.05, 4.69) is 61.3 Å². The van der Waals surface area contributed by atoms with Crippen molar-refractivity contribution in [3.05, 3.63) is 35.9 Å². The van der Waals surface area contributed by atoms with Gasteiger partial charge in [0.1, 0.15) is 0 Å². The van der Waals surface area contributed by atoms with Crippen LogP contribution in [0.25, 0.3) is 0 Å². The number of piperazine rings is 1. The molecule has 0 amide bonds. The van der Waals surface area contributed by atoms with E-state index >= 15 is 0 Å². The van der Waals surface area contributed by atoms with Crippen molar-refractivity contribution >= 4 is 0 Å². The normalized spacial score (nSPS) is 26.4. The van der Waals surface area contributed by atoms with Crippen molar-refractivity contribution in [2.24, 2.45) is 5.92 Å². The second kappa shape index (κ2) is 5.65. The predicted molar refractivity (Wildman–Crippen MR) is 72.9 cm³/mol. The fourth-order valence-electron chi connectivity index (χ4n) is 2.66. The van der Waals surface area contributed by atoms with E-state index in [0.29, 0.717) is 18.0 Å². The largest absolute Gasteiger partial charge is 0.311 e. The highest BCUT2D eigenvalue weighted by Gasteiger charge is 2.27. The van der Waals surface area contributed by atoms with Gasteiger partial charge in [-0.15, -0.1) is 0 Å². The summed E-state index contributed by atoms with van der Waals surface area (Å²) in [6, 6.07) is 12.1. The maximum Gasteiger partial charge on any atom is 0.0247 e. The molecule has 0 bridgehead atoms. The van der Waals surface area contributed by atoms with Gasteiger partial charge in [-0.1, -0.05) is 44.2 Å². The molecular weight excluding hydrogens is 208 g/mol. The Morgan fingerprint density at radius 1 is 1.29 bits per heavy atom. The zero-order valence-corrected chi connectivity index (χ0v) is 11.2. The minimum Gasteiger partial charge on any atom is -0.311 e. The predicted octanol–water partition coefficient (Wildman–Crippen LogP) is 2.50. The molecule has 2 heteroatoms. The molecule has 0 aliphatic carbocycles. The first-order chi connectivity index (χ1) is 8.16. The third-order valence-corrected chi connectivity index (χ3v) is 3.65. The van der Waals surface area contributed by atoms with Gasteiger partial charge in [-0.25, -0.2) is 0 Å². The third kappa shape index (κ3) is 3.30. The Labute approximate surface area is 105 Å². The van der Waals surface area contributed by atoms with E-state index in [1.54, 1.807) is 0 Å². The quantitative estimate of drug-likeness (QED) is 0.861. The van der Waals surface area contributed by atoms with Crippen molar-refractivity contribution in [1.29, 1.82) is 0 Å². The van der Waals surface area contributed by atoms with Crippen molar-refractivity contribution in [3.8, 4) is 0 Å². The van der Waals surface area contributed by atoms with Gasteiger partial charge >= 0.3 is 0 Å². The second-order valence-electron chi connectivity index (χ2n) is 5.54. The molecule has 0 saturated carbocycles. The number of hydrogen-bond donors (Lipinski definition) is 1. The molecule has 2 unspecified atom stereocenters. The van der Waals surface area contributed by atoms with Crippen LogP contribution in [0, 0.1) is 5.92 Å². The van der Waals surface area contributed by atoms with Crippen molar-refractivity contribution in [2.45, 2.75) is 39.4 Å². The lowest BCUT2D eigenvalue weighted by Gasteiger charge is -2.41. The van der Waals surface area contributed by atoms with Crippen LogP contribution in [0.4, 0.5) is 0 Å². The molecule has 1 fully saturated rings. The van der Waals surface area contributed by atoms with Gasteiger partial charge in [0.15, 0.2) is 0 Å². The molecule has 1 aliphatic heterocycles. The molecule has 1 aliphatic rings. The van der Waals surface area contributed by atoms with Crippen LogP contribution in [0.3, 0.4) is 0 Å². The number of rotatable bonds is 3. The van der Waals surface area contributed by atoms with Gasteiger partial charge in [-0.05, 0) is 18.4 Å². The minimum absolute atomic E-state index is 0.605. The standard InChI is InChI=1S/C15H24N2/c1-12(2)15-9-16-13(3)10-17(15)11-14-7-5-4-6-8-14/h4-8,12-13,15-16H,9-11H2,1-3H3. The topological polar surface area (TPSA) is 15.3 Å². The van der Waals surface area contributed by atoms with Crippen LogP contribution in [-0.2, 0) is 6.54 Å². The van der Waals surface area contributed by atoms with Crippen LogP contribution >= 0.6 is 0 Å². The van der Waals surface area contributed by atoms with Gasteiger partial charge in [0, 0.05) is 31.7 Å². The van der Waals surface area contributed by atoms with Gasteiger partial charge < -0.3 is 5.32 Å². The Morgan fingerprint density at radius 3 is 2.65 bits per heavy atom. The van der Waals surface area contributed by atoms with Gasteiger partial charge in [0.05, 0.1) is 0 Å². The van der Waals surface area contributed by atoms with Crippen molar-refractivity contribution < 1.29 is 0 Å². The summed E-state index contributed by atoms with van der Waals surface area (Å²) in [4.78, 5) is 2.63. The molecule has 2 nitrogen and oxygen atoms in total. The Morgan fingerprint density at radius 2 is 2.00 bits per heavy atom. The number of nitrogens with one attached hydrogen (secondary N) is 1. The van der Waals surface area contributed by atoms with Crippen LogP contribution < -0.4 is 5.32 Å². The molecule has 0 spiro atoms. The fraction of sp³-hybridized carbons (Fsp3) is 0.600. The molecule has 1 aromatic rings. The van der Waals surface area contributed by atoms with Crippen molar-refractivity contribution in [3.63, 3.8) is 0 Å². The highest BCUT2D eigenvalue weighted by atomic mass is 15.2. The van der Waals surface area contributed by atoms with E-state index in [0.717, 1.165) is 19.6 Å².